The monoisotopic (exact) mass is 242 g/mol. The van der Waals surface area contributed by atoms with Crippen molar-refractivity contribution in [1.29, 1.82) is 0 Å². The van der Waals surface area contributed by atoms with Crippen LogP contribution in [0, 0.1) is 0 Å². The first-order valence-electron chi connectivity index (χ1n) is 4.37. The zero-order valence-corrected chi connectivity index (χ0v) is 9.02. The van der Waals surface area contributed by atoms with Crippen molar-refractivity contribution < 1.29 is 18.3 Å². The van der Waals surface area contributed by atoms with E-state index in [0.29, 0.717) is 11.3 Å². The third-order valence-electron chi connectivity index (χ3n) is 1.89. The summed E-state index contributed by atoms with van der Waals surface area (Å²) in [5.74, 6) is -1.07. The maximum atomic E-state index is 10.5. The minimum atomic E-state index is -2.49. The van der Waals surface area contributed by atoms with Crippen LogP contribution in [0.1, 0.15) is 5.56 Å². The lowest BCUT2D eigenvalue weighted by Crippen LogP contribution is -2.32. The van der Waals surface area contributed by atoms with Crippen molar-refractivity contribution in [3.8, 4) is 0 Å². The number of carboxylic acid groups (broad SMARTS) is 1. The van der Waals surface area contributed by atoms with E-state index in [-0.39, 0.29) is 6.42 Å². The molecule has 1 aromatic carbocycles. The number of carbonyl (C=O) groups is 1. The van der Waals surface area contributed by atoms with Gasteiger partial charge in [0.05, 0.1) is 5.69 Å². The van der Waals surface area contributed by atoms with Crippen LogP contribution < -0.4 is 5.73 Å². The quantitative estimate of drug-likeness (QED) is 0.790. The molecule has 0 bridgehead atoms. The van der Waals surface area contributed by atoms with E-state index in [1.165, 1.54) is 12.1 Å². The fraction of sp³-hybridized carbons (Fsp3) is 0.222. The summed E-state index contributed by atoms with van der Waals surface area (Å²) in [6.45, 7) is 0. The summed E-state index contributed by atoms with van der Waals surface area (Å²) in [4.78, 5) is 10.5. The number of hydrogen-bond acceptors (Lipinski definition) is 5. The van der Waals surface area contributed by atoms with Gasteiger partial charge in [-0.15, -0.1) is 4.36 Å². The van der Waals surface area contributed by atoms with Crippen molar-refractivity contribution in [1.82, 2.24) is 0 Å². The highest BCUT2D eigenvalue weighted by Gasteiger charge is 2.11. The fourth-order valence-electron chi connectivity index (χ4n) is 1.12. The SMILES string of the molecule is N[C@@H](Cc1ccc(N=S(=O)=O)cc1)C(=O)O. The van der Waals surface area contributed by atoms with E-state index in [2.05, 4.69) is 4.36 Å². The summed E-state index contributed by atoms with van der Waals surface area (Å²) in [6.07, 6.45) is 0.191. The Morgan fingerprint density at radius 2 is 1.94 bits per heavy atom. The second-order valence-corrected chi connectivity index (χ2v) is 3.74. The molecule has 1 atom stereocenters. The average molecular weight is 242 g/mol. The Hall–Kier alpha value is -1.73. The molecule has 0 aliphatic heterocycles. The van der Waals surface area contributed by atoms with Crippen LogP contribution in [0.4, 0.5) is 5.69 Å². The maximum Gasteiger partial charge on any atom is 0.320 e. The van der Waals surface area contributed by atoms with Crippen LogP contribution in [-0.4, -0.2) is 25.5 Å². The molecule has 0 saturated carbocycles. The van der Waals surface area contributed by atoms with Gasteiger partial charge in [-0.05, 0) is 24.1 Å². The van der Waals surface area contributed by atoms with Gasteiger partial charge in [-0.3, -0.25) is 4.79 Å². The molecule has 7 heteroatoms. The van der Waals surface area contributed by atoms with Gasteiger partial charge in [-0.1, -0.05) is 12.1 Å². The van der Waals surface area contributed by atoms with Crippen LogP contribution in [0.25, 0.3) is 0 Å². The Kier molecular flexibility index (Phi) is 4.15. The third kappa shape index (κ3) is 3.79. The van der Waals surface area contributed by atoms with E-state index in [4.69, 9.17) is 10.8 Å². The van der Waals surface area contributed by atoms with E-state index in [1.54, 1.807) is 12.1 Å². The van der Waals surface area contributed by atoms with E-state index in [0.717, 1.165) is 0 Å². The molecule has 0 spiro atoms. The molecule has 0 radical (unpaired) electrons. The molecule has 0 amide bonds. The summed E-state index contributed by atoms with van der Waals surface area (Å²) in [5, 5.41) is 8.59. The zero-order chi connectivity index (χ0) is 12.1. The van der Waals surface area contributed by atoms with Crippen LogP contribution in [0.5, 0.6) is 0 Å². The highest BCUT2D eigenvalue weighted by atomic mass is 32.2. The van der Waals surface area contributed by atoms with Crippen LogP contribution >= 0.6 is 0 Å². The number of rotatable bonds is 4. The molecule has 1 aromatic rings. The molecule has 0 saturated heterocycles. The number of nitrogens with zero attached hydrogens (tertiary/aromatic N) is 1. The van der Waals surface area contributed by atoms with Gasteiger partial charge >= 0.3 is 16.5 Å². The van der Waals surface area contributed by atoms with Crippen molar-refractivity contribution in [2.75, 3.05) is 0 Å². The van der Waals surface area contributed by atoms with Crippen molar-refractivity contribution in [2.24, 2.45) is 10.1 Å². The predicted molar refractivity (Wildman–Crippen MR) is 56.8 cm³/mol. The minimum absolute atomic E-state index is 0.191. The van der Waals surface area contributed by atoms with Crippen molar-refractivity contribution in [3.63, 3.8) is 0 Å². The van der Waals surface area contributed by atoms with E-state index in [1.807, 2.05) is 0 Å². The van der Waals surface area contributed by atoms with Gasteiger partial charge < -0.3 is 10.8 Å². The average Bonchev–Trinajstić information content (AvgIpc) is 2.20. The number of benzene rings is 1. The largest absolute Gasteiger partial charge is 0.480 e. The van der Waals surface area contributed by atoms with Crippen molar-refractivity contribution in [2.45, 2.75) is 12.5 Å². The maximum absolute atomic E-state index is 10.5. The molecule has 0 unspecified atom stereocenters. The molecular weight excluding hydrogens is 232 g/mol. The Labute approximate surface area is 93.4 Å². The predicted octanol–water partition coefficient (Wildman–Crippen LogP) is 0.335. The zero-order valence-electron chi connectivity index (χ0n) is 8.20. The Balaban J connectivity index is 2.79. The van der Waals surface area contributed by atoms with E-state index in [9.17, 15) is 13.2 Å². The molecule has 0 heterocycles. The second-order valence-electron chi connectivity index (χ2n) is 3.12. The van der Waals surface area contributed by atoms with Crippen LogP contribution in [0.3, 0.4) is 0 Å². The van der Waals surface area contributed by atoms with Crippen LogP contribution in [0.2, 0.25) is 0 Å². The molecule has 3 N–H and O–H groups in total. The summed E-state index contributed by atoms with van der Waals surface area (Å²) in [5.41, 5.74) is 6.35. The van der Waals surface area contributed by atoms with Gasteiger partial charge in [0.15, 0.2) is 0 Å². The molecule has 1 rings (SSSR count). The summed E-state index contributed by atoms with van der Waals surface area (Å²) in [6, 6.07) is 5.19. The highest BCUT2D eigenvalue weighted by molar-refractivity contribution is 7.61. The lowest BCUT2D eigenvalue weighted by molar-refractivity contribution is -0.138. The normalized spacial score (nSPS) is 11.8. The molecular formula is C9H10N2O4S. The first-order valence-corrected chi connectivity index (χ1v) is 5.40. The fourth-order valence-corrected chi connectivity index (χ4v) is 1.41. The minimum Gasteiger partial charge on any atom is -0.480 e. The Morgan fingerprint density at radius 3 is 2.38 bits per heavy atom. The standard InChI is InChI=1S/C9H10N2O4S/c10-8(9(12)13)5-6-1-3-7(4-2-6)11-16(14)15/h1-4,8H,5,10H2,(H,12,13)/t8-/m0/s1. The smallest absolute Gasteiger partial charge is 0.320 e. The topological polar surface area (TPSA) is 110 Å². The number of carboxylic acids is 1. The molecule has 0 aliphatic carbocycles. The molecule has 16 heavy (non-hydrogen) atoms. The Morgan fingerprint density at radius 1 is 1.38 bits per heavy atom. The molecule has 0 fully saturated rings. The molecule has 86 valence electrons. The van der Waals surface area contributed by atoms with Crippen molar-refractivity contribution >= 4 is 22.2 Å². The van der Waals surface area contributed by atoms with Gasteiger partial charge in [0.25, 0.3) is 0 Å². The van der Waals surface area contributed by atoms with Crippen LogP contribution in [-0.2, 0) is 21.7 Å². The lowest BCUT2D eigenvalue weighted by atomic mass is 10.1. The number of aliphatic carboxylic acids is 1. The lowest BCUT2D eigenvalue weighted by Gasteiger charge is -2.05. The van der Waals surface area contributed by atoms with Gasteiger partial charge in [0, 0.05) is 0 Å². The van der Waals surface area contributed by atoms with Gasteiger partial charge in [0.1, 0.15) is 6.04 Å². The summed E-state index contributed by atoms with van der Waals surface area (Å²) in [7, 11) is -2.49. The van der Waals surface area contributed by atoms with Crippen LogP contribution in [0.15, 0.2) is 28.6 Å². The third-order valence-corrected chi connectivity index (χ3v) is 2.25. The van der Waals surface area contributed by atoms with Crippen molar-refractivity contribution in [3.05, 3.63) is 29.8 Å². The number of hydrogen-bond donors (Lipinski definition) is 2. The first kappa shape index (κ1) is 12.3. The van der Waals surface area contributed by atoms with Gasteiger partial charge in [-0.25, -0.2) is 0 Å². The molecule has 0 aliphatic rings. The van der Waals surface area contributed by atoms with E-state index >= 15 is 0 Å². The summed E-state index contributed by atoms with van der Waals surface area (Å²) >= 11 is 0. The first-order chi connectivity index (χ1) is 7.49. The number of nitrogens with two attached hydrogens (primary N) is 1. The summed E-state index contributed by atoms with van der Waals surface area (Å²) < 4.78 is 23.8. The van der Waals surface area contributed by atoms with Gasteiger partial charge in [0.2, 0.25) is 0 Å². The van der Waals surface area contributed by atoms with Gasteiger partial charge in [-0.2, -0.15) is 8.42 Å². The highest BCUT2D eigenvalue weighted by Crippen LogP contribution is 2.13. The molecule has 0 aromatic heterocycles. The second kappa shape index (κ2) is 5.38. The molecule has 6 nitrogen and oxygen atoms in total. The Bertz CT molecular complexity index is 499. The van der Waals surface area contributed by atoms with E-state index < -0.39 is 22.5 Å².